The van der Waals surface area contributed by atoms with Gasteiger partial charge in [-0.2, -0.15) is 0 Å². The van der Waals surface area contributed by atoms with Crippen molar-refractivity contribution in [2.45, 2.75) is 0 Å². The summed E-state index contributed by atoms with van der Waals surface area (Å²) in [5, 5.41) is 6.98. The van der Waals surface area contributed by atoms with Crippen LogP contribution in [0.3, 0.4) is 0 Å². The number of aromatic amines is 1. The number of nitrogens with zero attached hydrogens (tertiary/aromatic N) is 2. The van der Waals surface area contributed by atoms with Crippen LogP contribution >= 0.6 is 11.3 Å². The van der Waals surface area contributed by atoms with Crippen LogP contribution in [0.2, 0.25) is 0 Å². The zero-order chi connectivity index (χ0) is 7.07. The van der Waals surface area contributed by atoms with Crippen molar-refractivity contribution >= 4 is 11.3 Å². The second-order valence-corrected chi connectivity index (χ2v) is 2.16. The standard InChI is InChI=1S/C4H5N.C2H2N2S/c1-2-4-5-3-1;1-3-4-2-5-1/h1-5H;1-2H. The lowest BCUT2D eigenvalue weighted by Gasteiger charge is -1.49. The van der Waals surface area contributed by atoms with Crippen molar-refractivity contribution in [1.82, 2.24) is 15.2 Å². The first-order valence-corrected chi connectivity index (χ1v) is 3.71. The molecule has 0 unspecified atom stereocenters. The molecule has 3 nitrogen and oxygen atoms in total. The SMILES string of the molecule is c1cc[nH]c1.c1nncs1. The number of hydrogen-bond donors (Lipinski definition) is 1. The van der Waals surface area contributed by atoms with Gasteiger partial charge in [-0.05, 0) is 12.1 Å². The van der Waals surface area contributed by atoms with Crippen LogP contribution < -0.4 is 0 Å². The summed E-state index contributed by atoms with van der Waals surface area (Å²) in [5.74, 6) is 0. The summed E-state index contributed by atoms with van der Waals surface area (Å²) >= 11 is 1.49. The Morgan fingerprint density at radius 3 is 1.80 bits per heavy atom. The molecule has 0 saturated carbocycles. The van der Waals surface area contributed by atoms with Gasteiger partial charge in [-0.25, -0.2) is 0 Å². The topological polar surface area (TPSA) is 41.6 Å². The minimum Gasteiger partial charge on any atom is -0.368 e. The Hall–Kier alpha value is -1.16. The van der Waals surface area contributed by atoms with Crippen LogP contribution in [0, 0.1) is 0 Å². The van der Waals surface area contributed by atoms with Gasteiger partial charge in [-0.3, -0.25) is 0 Å². The normalized spacial score (nSPS) is 8.00. The van der Waals surface area contributed by atoms with Crippen molar-refractivity contribution in [2.24, 2.45) is 0 Å². The molecule has 2 aromatic heterocycles. The minimum atomic E-state index is 1.49. The number of H-pyrrole nitrogens is 1. The van der Waals surface area contributed by atoms with Crippen LogP contribution in [0.5, 0.6) is 0 Å². The molecular weight excluding hydrogens is 146 g/mol. The summed E-state index contributed by atoms with van der Waals surface area (Å²) in [6.07, 6.45) is 3.75. The Labute approximate surface area is 62.8 Å². The van der Waals surface area contributed by atoms with Gasteiger partial charge >= 0.3 is 0 Å². The largest absolute Gasteiger partial charge is 0.368 e. The first-order chi connectivity index (χ1) is 5.00. The fourth-order valence-corrected chi connectivity index (χ4v) is 0.686. The molecule has 2 aromatic rings. The van der Waals surface area contributed by atoms with Crippen molar-refractivity contribution in [3.63, 3.8) is 0 Å². The van der Waals surface area contributed by atoms with Crippen LogP contribution in [0.1, 0.15) is 0 Å². The molecule has 0 fully saturated rings. The van der Waals surface area contributed by atoms with Gasteiger partial charge in [0.25, 0.3) is 0 Å². The molecule has 0 aliphatic carbocycles. The molecule has 2 rings (SSSR count). The average molecular weight is 153 g/mol. The van der Waals surface area contributed by atoms with Gasteiger partial charge in [0, 0.05) is 12.4 Å². The zero-order valence-electron chi connectivity index (χ0n) is 5.27. The van der Waals surface area contributed by atoms with Crippen molar-refractivity contribution in [3.05, 3.63) is 35.5 Å². The monoisotopic (exact) mass is 153 g/mol. The first-order valence-electron chi connectivity index (χ1n) is 2.77. The lowest BCUT2D eigenvalue weighted by atomic mass is 10.7. The highest BCUT2D eigenvalue weighted by atomic mass is 32.1. The molecule has 0 aromatic carbocycles. The maximum absolute atomic E-state index is 3.49. The Kier molecular flexibility index (Phi) is 3.26. The second kappa shape index (κ2) is 4.69. The van der Waals surface area contributed by atoms with E-state index in [-0.39, 0.29) is 0 Å². The van der Waals surface area contributed by atoms with Crippen molar-refractivity contribution in [2.75, 3.05) is 0 Å². The molecule has 2 heterocycles. The number of rotatable bonds is 0. The number of hydrogen-bond acceptors (Lipinski definition) is 3. The van der Waals surface area contributed by atoms with E-state index in [1.54, 1.807) is 11.0 Å². The van der Waals surface area contributed by atoms with E-state index in [0.717, 1.165) is 0 Å². The molecule has 0 atom stereocenters. The van der Waals surface area contributed by atoms with Gasteiger partial charge in [-0.1, -0.05) is 0 Å². The molecule has 52 valence electrons. The molecule has 0 bridgehead atoms. The molecule has 4 heteroatoms. The van der Waals surface area contributed by atoms with E-state index in [0.29, 0.717) is 0 Å². The smallest absolute Gasteiger partial charge is 0.103 e. The van der Waals surface area contributed by atoms with Gasteiger partial charge in [0.1, 0.15) is 11.0 Å². The summed E-state index contributed by atoms with van der Waals surface area (Å²) in [4.78, 5) is 2.86. The van der Waals surface area contributed by atoms with Crippen molar-refractivity contribution in [3.8, 4) is 0 Å². The van der Waals surface area contributed by atoms with E-state index < -0.39 is 0 Å². The third kappa shape index (κ3) is 2.99. The zero-order valence-corrected chi connectivity index (χ0v) is 6.08. The van der Waals surface area contributed by atoms with Crippen LogP contribution in [0.15, 0.2) is 35.5 Å². The van der Waals surface area contributed by atoms with Gasteiger partial charge in [0.2, 0.25) is 0 Å². The summed E-state index contributed by atoms with van der Waals surface area (Å²) in [7, 11) is 0. The molecule has 0 aliphatic rings. The fourth-order valence-electron chi connectivity index (χ4n) is 0.414. The molecular formula is C6H7N3S. The quantitative estimate of drug-likeness (QED) is 0.624. The van der Waals surface area contributed by atoms with E-state index >= 15 is 0 Å². The summed E-state index contributed by atoms with van der Waals surface area (Å²) in [5.41, 5.74) is 3.36. The average Bonchev–Trinajstić information content (AvgIpc) is 2.67. The van der Waals surface area contributed by atoms with E-state index in [1.807, 2.05) is 24.5 Å². The molecule has 0 saturated heterocycles. The number of aromatic nitrogens is 3. The third-order valence-corrected chi connectivity index (χ3v) is 1.21. The highest BCUT2D eigenvalue weighted by Gasteiger charge is 1.60. The van der Waals surface area contributed by atoms with Gasteiger partial charge in [-0.15, -0.1) is 21.5 Å². The lowest BCUT2D eigenvalue weighted by molar-refractivity contribution is 1.09. The van der Waals surface area contributed by atoms with Crippen LogP contribution in [0.25, 0.3) is 0 Å². The van der Waals surface area contributed by atoms with Crippen LogP contribution in [-0.2, 0) is 0 Å². The van der Waals surface area contributed by atoms with E-state index in [4.69, 9.17) is 0 Å². The lowest BCUT2D eigenvalue weighted by Crippen LogP contribution is -1.53. The predicted octanol–water partition coefficient (Wildman–Crippen LogP) is 1.55. The second-order valence-electron chi connectivity index (χ2n) is 1.46. The minimum absolute atomic E-state index is 1.49. The number of nitrogens with one attached hydrogen (secondary N) is 1. The third-order valence-electron chi connectivity index (χ3n) is 0.779. The highest BCUT2D eigenvalue weighted by Crippen LogP contribution is 1.80. The summed E-state index contributed by atoms with van der Waals surface area (Å²) < 4.78 is 0. The Morgan fingerprint density at radius 2 is 1.60 bits per heavy atom. The van der Waals surface area contributed by atoms with Crippen molar-refractivity contribution < 1.29 is 0 Å². The molecule has 0 amide bonds. The highest BCUT2D eigenvalue weighted by molar-refractivity contribution is 7.07. The van der Waals surface area contributed by atoms with Gasteiger partial charge in [0.15, 0.2) is 0 Å². The Bertz CT molecular complexity index is 152. The van der Waals surface area contributed by atoms with Crippen LogP contribution in [-0.4, -0.2) is 15.2 Å². The molecule has 1 N–H and O–H groups in total. The molecule has 0 radical (unpaired) electrons. The van der Waals surface area contributed by atoms with Crippen LogP contribution in [0.4, 0.5) is 0 Å². The maximum atomic E-state index is 3.49. The molecule has 0 spiro atoms. The summed E-state index contributed by atoms with van der Waals surface area (Å²) in [6.45, 7) is 0. The van der Waals surface area contributed by atoms with Crippen molar-refractivity contribution in [1.29, 1.82) is 0 Å². The van der Waals surface area contributed by atoms with E-state index in [2.05, 4.69) is 15.2 Å². The Morgan fingerprint density at radius 1 is 1.00 bits per heavy atom. The fraction of sp³-hybridized carbons (Fsp3) is 0. The van der Waals surface area contributed by atoms with Gasteiger partial charge < -0.3 is 4.98 Å². The Balaban J connectivity index is 0.0000001000. The predicted molar refractivity (Wildman–Crippen MR) is 40.7 cm³/mol. The molecule has 10 heavy (non-hydrogen) atoms. The maximum Gasteiger partial charge on any atom is 0.103 e. The van der Waals surface area contributed by atoms with E-state index in [9.17, 15) is 0 Å². The first kappa shape index (κ1) is 6.95. The van der Waals surface area contributed by atoms with Gasteiger partial charge in [0.05, 0.1) is 0 Å². The summed E-state index contributed by atoms with van der Waals surface area (Å²) in [6, 6.07) is 3.89. The molecule has 0 aliphatic heterocycles. The van der Waals surface area contributed by atoms with E-state index in [1.165, 1.54) is 11.3 Å².